The van der Waals surface area contributed by atoms with E-state index >= 15 is 0 Å². The standard InChI is InChI=1S/C15H12N4/c16-19-17-10-15-13-7-3-1-5-11(13)9-12-6-2-4-8-14(12)18-15/h1-8H,9-10H2. The highest BCUT2D eigenvalue weighted by molar-refractivity contribution is 6.05. The minimum atomic E-state index is 0.280. The van der Waals surface area contributed by atoms with Crippen molar-refractivity contribution in [3.8, 4) is 0 Å². The molecule has 2 aromatic carbocycles. The van der Waals surface area contributed by atoms with Gasteiger partial charge in [-0.3, -0.25) is 4.99 Å². The van der Waals surface area contributed by atoms with Gasteiger partial charge in [0.15, 0.2) is 0 Å². The molecule has 0 amide bonds. The van der Waals surface area contributed by atoms with Gasteiger partial charge < -0.3 is 0 Å². The lowest BCUT2D eigenvalue weighted by Crippen LogP contribution is -2.06. The Morgan fingerprint density at radius 1 is 1.05 bits per heavy atom. The molecular formula is C15H12N4. The van der Waals surface area contributed by atoms with Crippen LogP contribution in [0.3, 0.4) is 0 Å². The number of benzene rings is 2. The van der Waals surface area contributed by atoms with Crippen LogP contribution >= 0.6 is 0 Å². The van der Waals surface area contributed by atoms with Crippen LogP contribution in [0.2, 0.25) is 0 Å². The second-order valence-electron chi connectivity index (χ2n) is 4.41. The number of azide groups is 1. The summed E-state index contributed by atoms with van der Waals surface area (Å²) < 4.78 is 0. The summed E-state index contributed by atoms with van der Waals surface area (Å²) in [6.45, 7) is 0.280. The van der Waals surface area contributed by atoms with Crippen molar-refractivity contribution in [3.05, 3.63) is 75.7 Å². The first kappa shape index (κ1) is 11.5. The maximum Gasteiger partial charge on any atom is 0.0690 e. The monoisotopic (exact) mass is 248 g/mol. The van der Waals surface area contributed by atoms with E-state index in [0.717, 1.165) is 23.4 Å². The molecule has 0 aromatic heterocycles. The van der Waals surface area contributed by atoms with Gasteiger partial charge in [-0.25, -0.2) is 0 Å². The van der Waals surface area contributed by atoms with Crippen LogP contribution in [0.5, 0.6) is 0 Å². The Balaban J connectivity index is 2.19. The average molecular weight is 248 g/mol. The molecule has 2 aromatic rings. The second kappa shape index (κ2) is 4.96. The number of nitrogens with zero attached hydrogens (tertiary/aromatic N) is 4. The van der Waals surface area contributed by atoms with E-state index in [1.165, 1.54) is 11.1 Å². The van der Waals surface area contributed by atoms with Crippen LogP contribution < -0.4 is 0 Å². The summed E-state index contributed by atoms with van der Waals surface area (Å²) >= 11 is 0. The molecule has 92 valence electrons. The van der Waals surface area contributed by atoms with E-state index in [0.29, 0.717) is 0 Å². The molecule has 0 aliphatic carbocycles. The fraction of sp³-hybridized carbons (Fsp3) is 0.133. The summed E-state index contributed by atoms with van der Waals surface area (Å²) in [5.74, 6) is 0. The molecule has 1 heterocycles. The molecule has 0 unspecified atom stereocenters. The third kappa shape index (κ3) is 2.21. The summed E-state index contributed by atoms with van der Waals surface area (Å²) in [6, 6.07) is 16.2. The van der Waals surface area contributed by atoms with Crippen molar-refractivity contribution in [2.45, 2.75) is 6.42 Å². The molecule has 0 radical (unpaired) electrons. The van der Waals surface area contributed by atoms with Crippen LogP contribution in [-0.4, -0.2) is 12.3 Å². The van der Waals surface area contributed by atoms with Gasteiger partial charge in [0.25, 0.3) is 0 Å². The highest BCUT2D eigenvalue weighted by Crippen LogP contribution is 2.28. The van der Waals surface area contributed by atoms with Gasteiger partial charge in [-0.05, 0) is 28.3 Å². The van der Waals surface area contributed by atoms with Gasteiger partial charge in [0.2, 0.25) is 0 Å². The van der Waals surface area contributed by atoms with Crippen molar-refractivity contribution in [1.29, 1.82) is 0 Å². The second-order valence-corrected chi connectivity index (χ2v) is 4.41. The van der Waals surface area contributed by atoms with E-state index in [4.69, 9.17) is 5.53 Å². The molecule has 4 nitrogen and oxygen atoms in total. The third-order valence-corrected chi connectivity index (χ3v) is 3.24. The minimum absolute atomic E-state index is 0.280. The molecule has 0 spiro atoms. The summed E-state index contributed by atoms with van der Waals surface area (Å²) in [5.41, 5.74) is 13.8. The number of hydrogen-bond donors (Lipinski definition) is 0. The highest BCUT2D eigenvalue weighted by Gasteiger charge is 2.15. The van der Waals surface area contributed by atoms with Crippen LogP contribution in [0.1, 0.15) is 16.7 Å². The van der Waals surface area contributed by atoms with Crippen LogP contribution in [0.4, 0.5) is 5.69 Å². The Hall–Kier alpha value is -2.58. The molecule has 3 rings (SSSR count). The van der Waals surface area contributed by atoms with Crippen molar-refractivity contribution < 1.29 is 0 Å². The smallest absolute Gasteiger partial charge is 0.0690 e. The van der Waals surface area contributed by atoms with Crippen LogP contribution in [-0.2, 0) is 6.42 Å². The van der Waals surface area contributed by atoms with Gasteiger partial charge in [-0.2, -0.15) is 0 Å². The minimum Gasteiger partial charge on any atom is -0.252 e. The SMILES string of the molecule is [N-]=[N+]=NCC1=Nc2ccccc2Cc2ccccc21. The number of fused-ring (bicyclic) bond motifs is 2. The number of para-hydroxylation sites is 1. The fourth-order valence-electron chi connectivity index (χ4n) is 2.36. The van der Waals surface area contributed by atoms with Crippen molar-refractivity contribution in [2.24, 2.45) is 10.1 Å². The first-order valence-electron chi connectivity index (χ1n) is 6.13. The largest absolute Gasteiger partial charge is 0.252 e. The van der Waals surface area contributed by atoms with Gasteiger partial charge in [0.05, 0.1) is 17.9 Å². The molecule has 0 atom stereocenters. The molecule has 0 saturated heterocycles. The summed E-state index contributed by atoms with van der Waals surface area (Å²) in [7, 11) is 0. The Morgan fingerprint density at radius 2 is 1.79 bits per heavy atom. The maximum atomic E-state index is 8.51. The predicted octanol–water partition coefficient (Wildman–Crippen LogP) is 4.02. The molecule has 19 heavy (non-hydrogen) atoms. The van der Waals surface area contributed by atoms with E-state index in [9.17, 15) is 0 Å². The summed E-state index contributed by atoms with van der Waals surface area (Å²) in [6.07, 6.45) is 0.857. The Bertz CT molecular complexity index is 697. The van der Waals surface area contributed by atoms with Crippen LogP contribution in [0.15, 0.2) is 58.6 Å². The van der Waals surface area contributed by atoms with E-state index in [1.807, 2.05) is 36.4 Å². The lowest BCUT2D eigenvalue weighted by molar-refractivity contribution is 1.19. The molecule has 1 aliphatic heterocycles. The first-order chi connectivity index (χ1) is 9.38. The van der Waals surface area contributed by atoms with Crippen LogP contribution in [0, 0.1) is 0 Å². The van der Waals surface area contributed by atoms with Gasteiger partial charge in [0, 0.05) is 11.3 Å². The van der Waals surface area contributed by atoms with Crippen molar-refractivity contribution >= 4 is 11.4 Å². The number of hydrogen-bond acceptors (Lipinski definition) is 2. The number of rotatable bonds is 2. The lowest BCUT2D eigenvalue weighted by Gasteiger charge is -2.06. The van der Waals surface area contributed by atoms with Crippen molar-refractivity contribution in [3.63, 3.8) is 0 Å². The molecule has 4 heteroatoms. The topological polar surface area (TPSA) is 61.1 Å². The number of aliphatic imine (C=N–C) groups is 1. The fourth-order valence-corrected chi connectivity index (χ4v) is 2.36. The highest BCUT2D eigenvalue weighted by atomic mass is 15.1. The van der Waals surface area contributed by atoms with Gasteiger partial charge >= 0.3 is 0 Å². The predicted molar refractivity (Wildman–Crippen MR) is 75.9 cm³/mol. The van der Waals surface area contributed by atoms with Crippen molar-refractivity contribution in [1.82, 2.24) is 0 Å². The Labute approximate surface area is 111 Å². The van der Waals surface area contributed by atoms with E-state index in [-0.39, 0.29) is 6.54 Å². The first-order valence-corrected chi connectivity index (χ1v) is 6.13. The lowest BCUT2D eigenvalue weighted by atomic mass is 9.98. The van der Waals surface area contributed by atoms with Gasteiger partial charge in [-0.15, -0.1) is 0 Å². The quantitative estimate of drug-likeness (QED) is 0.438. The molecule has 0 saturated carbocycles. The van der Waals surface area contributed by atoms with Crippen LogP contribution in [0.25, 0.3) is 10.4 Å². The van der Waals surface area contributed by atoms with Gasteiger partial charge in [0.1, 0.15) is 0 Å². The van der Waals surface area contributed by atoms with Gasteiger partial charge in [-0.1, -0.05) is 47.6 Å². The maximum absolute atomic E-state index is 8.51. The summed E-state index contributed by atoms with van der Waals surface area (Å²) in [4.78, 5) is 7.50. The van der Waals surface area contributed by atoms with E-state index in [2.05, 4.69) is 27.2 Å². The third-order valence-electron chi connectivity index (χ3n) is 3.24. The van der Waals surface area contributed by atoms with Crippen molar-refractivity contribution in [2.75, 3.05) is 6.54 Å². The average Bonchev–Trinajstić information content (AvgIpc) is 2.61. The zero-order valence-corrected chi connectivity index (χ0v) is 10.3. The summed E-state index contributed by atoms with van der Waals surface area (Å²) in [5, 5.41) is 3.66. The molecular weight excluding hydrogens is 236 g/mol. The Morgan fingerprint density at radius 3 is 2.63 bits per heavy atom. The zero-order chi connectivity index (χ0) is 13.1. The zero-order valence-electron chi connectivity index (χ0n) is 10.3. The Kier molecular flexibility index (Phi) is 3.01. The molecule has 1 aliphatic rings. The normalized spacial score (nSPS) is 12.5. The van der Waals surface area contributed by atoms with E-state index in [1.54, 1.807) is 0 Å². The molecule has 0 fully saturated rings. The molecule has 0 N–H and O–H groups in total. The molecule has 0 bridgehead atoms. The van der Waals surface area contributed by atoms with E-state index < -0.39 is 0 Å².